The van der Waals surface area contributed by atoms with Crippen LogP contribution >= 0.6 is 0 Å². The van der Waals surface area contributed by atoms with Crippen molar-refractivity contribution < 1.29 is 17.6 Å². The third-order valence-corrected chi connectivity index (χ3v) is 5.39. The molecule has 2 aromatic carbocycles. The first-order valence-corrected chi connectivity index (χ1v) is 10.3. The molecule has 152 valence electrons. The average Bonchev–Trinajstić information content (AvgIpc) is 2.59. The molecule has 6 nitrogen and oxygen atoms in total. The van der Waals surface area contributed by atoms with Crippen LogP contribution in [0.25, 0.3) is 0 Å². The van der Waals surface area contributed by atoms with Gasteiger partial charge in [-0.1, -0.05) is 13.8 Å². The van der Waals surface area contributed by atoms with E-state index >= 15 is 0 Å². The highest BCUT2D eigenvalue weighted by Gasteiger charge is 2.20. The Morgan fingerprint density at radius 1 is 1.04 bits per heavy atom. The van der Waals surface area contributed by atoms with Crippen LogP contribution < -0.4 is 10.0 Å². The highest BCUT2D eigenvalue weighted by molar-refractivity contribution is 7.92. The first-order chi connectivity index (χ1) is 13.0. The second-order valence-corrected chi connectivity index (χ2v) is 9.40. The Morgan fingerprint density at radius 3 is 2.14 bits per heavy atom. The molecule has 0 saturated heterocycles. The minimum atomic E-state index is -3.83. The van der Waals surface area contributed by atoms with Gasteiger partial charge in [0, 0.05) is 24.3 Å². The molecular formula is C20H26FN3O3S. The van der Waals surface area contributed by atoms with Crippen LogP contribution in [0.15, 0.2) is 53.4 Å². The van der Waals surface area contributed by atoms with Gasteiger partial charge in [0.2, 0.25) is 0 Å². The van der Waals surface area contributed by atoms with Crippen molar-refractivity contribution in [2.45, 2.75) is 18.7 Å². The van der Waals surface area contributed by atoms with Gasteiger partial charge in [-0.25, -0.2) is 12.8 Å². The quantitative estimate of drug-likeness (QED) is 0.705. The molecule has 0 bridgehead atoms. The first-order valence-electron chi connectivity index (χ1n) is 8.80. The molecule has 0 saturated carbocycles. The molecule has 0 aromatic heterocycles. The maximum Gasteiger partial charge on any atom is 0.261 e. The molecule has 2 rings (SSSR count). The third kappa shape index (κ3) is 6.31. The monoisotopic (exact) mass is 407 g/mol. The van der Waals surface area contributed by atoms with E-state index in [9.17, 15) is 17.6 Å². The molecule has 2 N–H and O–H groups in total. The van der Waals surface area contributed by atoms with Crippen molar-refractivity contribution in [2.75, 3.05) is 31.9 Å². The first kappa shape index (κ1) is 21.8. The molecule has 0 aliphatic heterocycles. The summed E-state index contributed by atoms with van der Waals surface area (Å²) in [5.41, 5.74) is 0.670. The number of benzene rings is 2. The fourth-order valence-electron chi connectivity index (χ4n) is 2.85. The SMILES string of the molecule is CN(C)CC(C)(C)CNC(=O)c1ccc(NS(=O)(=O)c2ccc(F)cc2)cc1. The number of nitrogens with one attached hydrogen (secondary N) is 2. The Hall–Kier alpha value is -2.45. The Labute approximate surface area is 165 Å². The van der Waals surface area contributed by atoms with Crippen molar-refractivity contribution >= 4 is 21.6 Å². The largest absolute Gasteiger partial charge is 0.351 e. The van der Waals surface area contributed by atoms with Crippen LogP contribution in [0.3, 0.4) is 0 Å². The molecule has 0 heterocycles. The number of anilines is 1. The Balaban J connectivity index is 2.01. The second-order valence-electron chi connectivity index (χ2n) is 7.72. The number of amides is 1. The maximum atomic E-state index is 13.0. The van der Waals surface area contributed by atoms with E-state index in [-0.39, 0.29) is 16.2 Å². The summed E-state index contributed by atoms with van der Waals surface area (Å²) in [5, 5.41) is 2.90. The smallest absolute Gasteiger partial charge is 0.261 e. The van der Waals surface area contributed by atoms with Gasteiger partial charge in [0.1, 0.15) is 5.82 Å². The summed E-state index contributed by atoms with van der Waals surface area (Å²) < 4.78 is 40.0. The number of carbonyl (C=O) groups is 1. The standard InChI is InChI=1S/C20H26FN3O3S/c1-20(2,14-24(3)4)13-22-19(25)15-5-9-17(10-6-15)23-28(26,27)18-11-7-16(21)8-12-18/h5-12,23H,13-14H2,1-4H3,(H,22,25). The molecule has 0 fully saturated rings. The molecule has 0 radical (unpaired) electrons. The number of nitrogens with zero attached hydrogens (tertiary/aromatic N) is 1. The van der Waals surface area contributed by atoms with Crippen molar-refractivity contribution in [1.29, 1.82) is 0 Å². The molecule has 1 amide bonds. The van der Waals surface area contributed by atoms with E-state index < -0.39 is 15.8 Å². The Morgan fingerprint density at radius 2 is 1.61 bits per heavy atom. The van der Waals surface area contributed by atoms with Crippen LogP contribution in [0, 0.1) is 11.2 Å². The van der Waals surface area contributed by atoms with Gasteiger partial charge >= 0.3 is 0 Å². The van der Waals surface area contributed by atoms with Crippen molar-refractivity contribution in [1.82, 2.24) is 10.2 Å². The lowest BCUT2D eigenvalue weighted by molar-refractivity contribution is 0.0929. The minimum Gasteiger partial charge on any atom is -0.351 e. The van der Waals surface area contributed by atoms with Crippen molar-refractivity contribution in [2.24, 2.45) is 5.41 Å². The maximum absolute atomic E-state index is 13.0. The van der Waals surface area contributed by atoms with Crippen LogP contribution in [-0.4, -0.2) is 46.4 Å². The molecule has 0 spiro atoms. The minimum absolute atomic E-state index is 0.0427. The molecule has 0 aliphatic rings. The van der Waals surface area contributed by atoms with Crippen LogP contribution in [0.1, 0.15) is 24.2 Å². The van der Waals surface area contributed by atoms with Gasteiger partial charge in [0.25, 0.3) is 15.9 Å². The fraction of sp³-hybridized carbons (Fsp3) is 0.350. The topological polar surface area (TPSA) is 78.5 Å². The summed E-state index contributed by atoms with van der Waals surface area (Å²) in [5.74, 6) is -0.733. The molecule has 28 heavy (non-hydrogen) atoms. The normalized spacial score (nSPS) is 12.1. The number of halogens is 1. The van der Waals surface area contributed by atoms with Crippen molar-refractivity contribution in [3.63, 3.8) is 0 Å². The third-order valence-electron chi connectivity index (χ3n) is 4.00. The number of rotatable bonds is 8. The van der Waals surface area contributed by atoms with Gasteiger partial charge < -0.3 is 10.2 Å². The summed E-state index contributed by atoms with van der Waals surface area (Å²) in [7, 11) is 0.137. The number of sulfonamides is 1. The lowest BCUT2D eigenvalue weighted by Crippen LogP contribution is -2.39. The van der Waals surface area contributed by atoms with Gasteiger partial charge in [-0.15, -0.1) is 0 Å². The highest BCUT2D eigenvalue weighted by Crippen LogP contribution is 2.18. The summed E-state index contributed by atoms with van der Waals surface area (Å²) in [4.78, 5) is 14.3. The van der Waals surface area contributed by atoms with Gasteiger partial charge in [0.05, 0.1) is 4.90 Å². The van der Waals surface area contributed by atoms with E-state index in [0.29, 0.717) is 17.8 Å². The van der Waals surface area contributed by atoms with Crippen LogP contribution in [0.5, 0.6) is 0 Å². The predicted octanol–water partition coefficient (Wildman–Crippen LogP) is 2.94. The number of hydrogen-bond donors (Lipinski definition) is 2. The van der Waals surface area contributed by atoms with Crippen molar-refractivity contribution in [3.8, 4) is 0 Å². The van der Waals surface area contributed by atoms with Crippen LogP contribution in [0.2, 0.25) is 0 Å². The van der Waals surface area contributed by atoms with Gasteiger partial charge in [-0.2, -0.15) is 0 Å². The van der Waals surface area contributed by atoms with E-state index in [2.05, 4.69) is 28.8 Å². The summed E-state index contributed by atoms with van der Waals surface area (Å²) in [6.45, 7) is 5.49. The molecule has 0 aliphatic carbocycles. The van der Waals surface area contributed by atoms with E-state index in [0.717, 1.165) is 18.7 Å². The van der Waals surface area contributed by atoms with Crippen LogP contribution in [0.4, 0.5) is 10.1 Å². The van der Waals surface area contributed by atoms with Crippen molar-refractivity contribution in [3.05, 3.63) is 59.9 Å². The summed E-state index contributed by atoms with van der Waals surface area (Å²) in [6, 6.07) is 10.7. The highest BCUT2D eigenvalue weighted by atomic mass is 32.2. The lowest BCUT2D eigenvalue weighted by atomic mass is 9.93. The Bertz CT molecular complexity index is 909. The van der Waals surface area contributed by atoms with Gasteiger partial charge in [0.15, 0.2) is 0 Å². The zero-order valence-electron chi connectivity index (χ0n) is 16.5. The van der Waals surface area contributed by atoms with E-state index in [1.165, 1.54) is 24.3 Å². The Kier molecular flexibility index (Phi) is 6.79. The number of hydrogen-bond acceptors (Lipinski definition) is 4. The van der Waals surface area contributed by atoms with E-state index in [1.807, 2.05) is 14.1 Å². The molecular weight excluding hydrogens is 381 g/mol. The number of carbonyl (C=O) groups excluding carboxylic acids is 1. The molecule has 2 aromatic rings. The average molecular weight is 408 g/mol. The van der Waals surface area contributed by atoms with E-state index in [4.69, 9.17) is 0 Å². The van der Waals surface area contributed by atoms with E-state index in [1.54, 1.807) is 12.1 Å². The second kappa shape index (κ2) is 8.70. The van der Waals surface area contributed by atoms with Crippen LogP contribution in [-0.2, 0) is 10.0 Å². The fourth-order valence-corrected chi connectivity index (χ4v) is 3.91. The zero-order chi connectivity index (χ0) is 20.9. The van der Waals surface area contributed by atoms with Gasteiger partial charge in [-0.3, -0.25) is 9.52 Å². The predicted molar refractivity (Wildman–Crippen MR) is 108 cm³/mol. The zero-order valence-corrected chi connectivity index (χ0v) is 17.3. The summed E-state index contributed by atoms with van der Waals surface area (Å²) in [6.07, 6.45) is 0. The summed E-state index contributed by atoms with van der Waals surface area (Å²) >= 11 is 0. The molecule has 8 heteroatoms. The molecule has 0 atom stereocenters. The molecule has 0 unspecified atom stereocenters. The van der Waals surface area contributed by atoms with Gasteiger partial charge in [-0.05, 0) is 68.0 Å². The lowest BCUT2D eigenvalue weighted by Gasteiger charge is -2.28.